The van der Waals surface area contributed by atoms with E-state index in [0.717, 1.165) is 5.56 Å². The first-order valence-electron chi connectivity index (χ1n) is 7.19. The monoisotopic (exact) mass is 277 g/mol. The molecule has 0 aliphatic rings. The van der Waals surface area contributed by atoms with Gasteiger partial charge in [0.15, 0.2) is 0 Å². The van der Waals surface area contributed by atoms with E-state index in [0.29, 0.717) is 0 Å². The maximum Gasteiger partial charge on any atom is 0.0950 e. The molecule has 3 rings (SSSR count). The highest BCUT2D eigenvalue weighted by atomic mass is 16.3. The zero-order valence-corrected chi connectivity index (χ0v) is 12.1. The molecule has 0 aliphatic carbocycles. The smallest absolute Gasteiger partial charge is 0.0950 e. The third kappa shape index (κ3) is 2.91. The number of rotatable bonds is 5. The molecule has 0 saturated carbocycles. The highest BCUT2D eigenvalue weighted by molar-refractivity contribution is 5.37. The Labute approximate surface area is 125 Å². The van der Waals surface area contributed by atoms with Gasteiger partial charge in [-0.05, 0) is 24.2 Å². The molecule has 3 aromatic rings. The Bertz CT molecular complexity index is 607. The lowest BCUT2D eigenvalue weighted by molar-refractivity contribution is 0.511. The summed E-state index contributed by atoms with van der Waals surface area (Å²) in [6.45, 7) is 0. The van der Waals surface area contributed by atoms with Gasteiger partial charge in [-0.25, -0.2) is 0 Å². The second-order valence-corrected chi connectivity index (χ2v) is 5.12. The fourth-order valence-electron chi connectivity index (χ4n) is 2.88. The summed E-state index contributed by atoms with van der Waals surface area (Å²) in [6.07, 6.45) is 3.55. The number of likely N-dealkylation sites (N-methyl/N-ethyl adjacent to an activating group) is 1. The Morgan fingerprint density at radius 1 is 0.762 bits per heavy atom. The van der Waals surface area contributed by atoms with Gasteiger partial charge in [0, 0.05) is 17.5 Å². The number of hydrogen-bond acceptors (Lipinski definition) is 2. The van der Waals surface area contributed by atoms with E-state index in [-0.39, 0.29) is 12.0 Å². The van der Waals surface area contributed by atoms with E-state index in [2.05, 4.69) is 66.0 Å². The topological polar surface area (TPSA) is 25.2 Å². The first kappa shape index (κ1) is 13.7. The van der Waals surface area contributed by atoms with Crippen LogP contribution in [0.15, 0.2) is 83.7 Å². The Morgan fingerprint density at radius 2 is 1.33 bits per heavy atom. The van der Waals surface area contributed by atoms with Crippen molar-refractivity contribution in [1.29, 1.82) is 0 Å². The van der Waals surface area contributed by atoms with Crippen LogP contribution in [0, 0.1) is 0 Å². The SMILES string of the molecule is CNC(c1ccoc1)C(c1ccccc1)c1ccccc1. The zero-order chi connectivity index (χ0) is 14.5. The Hall–Kier alpha value is -2.32. The van der Waals surface area contributed by atoms with Crippen molar-refractivity contribution in [3.8, 4) is 0 Å². The molecule has 1 aromatic heterocycles. The molecule has 0 amide bonds. The lowest BCUT2D eigenvalue weighted by Gasteiger charge is -2.27. The van der Waals surface area contributed by atoms with Gasteiger partial charge in [-0.2, -0.15) is 0 Å². The van der Waals surface area contributed by atoms with Gasteiger partial charge in [-0.3, -0.25) is 0 Å². The van der Waals surface area contributed by atoms with E-state index in [4.69, 9.17) is 4.42 Å². The van der Waals surface area contributed by atoms with Crippen LogP contribution in [-0.2, 0) is 0 Å². The summed E-state index contributed by atoms with van der Waals surface area (Å²) in [5, 5.41) is 3.44. The zero-order valence-electron chi connectivity index (χ0n) is 12.1. The average Bonchev–Trinajstić information content (AvgIpc) is 3.08. The number of furan rings is 1. The molecule has 1 unspecified atom stereocenters. The Balaban J connectivity index is 2.08. The number of hydrogen-bond donors (Lipinski definition) is 1. The normalized spacial score (nSPS) is 12.5. The molecule has 2 nitrogen and oxygen atoms in total. The predicted octanol–water partition coefficient (Wildman–Crippen LogP) is 4.37. The van der Waals surface area contributed by atoms with Crippen molar-refractivity contribution in [1.82, 2.24) is 5.32 Å². The third-order valence-electron chi connectivity index (χ3n) is 3.86. The molecule has 1 N–H and O–H groups in total. The van der Waals surface area contributed by atoms with Gasteiger partial charge in [-0.15, -0.1) is 0 Å². The first-order chi connectivity index (χ1) is 10.4. The minimum absolute atomic E-state index is 0.175. The van der Waals surface area contributed by atoms with Gasteiger partial charge in [0.25, 0.3) is 0 Å². The van der Waals surface area contributed by atoms with Crippen LogP contribution in [0.1, 0.15) is 28.7 Å². The van der Waals surface area contributed by atoms with Gasteiger partial charge in [0.1, 0.15) is 0 Å². The predicted molar refractivity (Wildman–Crippen MR) is 85.2 cm³/mol. The van der Waals surface area contributed by atoms with Crippen LogP contribution < -0.4 is 5.32 Å². The summed E-state index contributed by atoms with van der Waals surface area (Å²) in [5.74, 6) is 0.245. The lowest BCUT2D eigenvalue weighted by Crippen LogP contribution is -2.24. The lowest BCUT2D eigenvalue weighted by atomic mass is 9.82. The van der Waals surface area contributed by atoms with Crippen molar-refractivity contribution in [3.63, 3.8) is 0 Å². The summed E-state index contributed by atoms with van der Waals surface area (Å²) in [6, 6.07) is 23.4. The summed E-state index contributed by atoms with van der Waals surface area (Å²) < 4.78 is 5.28. The summed E-state index contributed by atoms with van der Waals surface area (Å²) >= 11 is 0. The maximum absolute atomic E-state index is 5.28. The average molecular weight is 277 g/mol. The van der Waals surface area contributed by atoms with E-state index in [1.54, 1.807) is 6.26 Å². The molecule has 2 aromatic carbocycles. The van der Waals surface area contributed by atoms with Crippen LogP contribution in [0.2, 0.25) is 0 Å². The van der Waals surface area contributed by atoms with Crippen LogP contribution in [0.3, 0.4) is 0 Å². The van der Waals surface area contributed by atoms with Crippen LogP contribution in [0.25, 0.3) is 0 Å². The molecule has 21 heavy (non-hydrogen) atoms. The molecule has 0 fully saturated rings. The molecule has 0 saturated heterocycles. The second kappa shape index (κ2) is 6.42. The van der Waals surface area contributed by atoms with Crippen molar-refractivity contribution in [3.05, 3.63) is 95.9 Å². The van der Waals surface area contributed by atoms with Gasteiger partial charge in [0.05, 0.1) is 12.5 Å². The minimum Gasteiger partial charge on any atom is -0.472 e. The fourth-order valence-corrected chi connectivity index (χ4v) is 2.88. The van der Waals surface area contributed by atoms with Crippen molar-refractivity contribution >= 4 is 0 Å². The van der Waals surface area contributed by atoms with Crippen molar-refractivity contribution < 1.29 is 4.42 Å². The van der Waals surface area contributed by atoms with Crippen molar-refractivity contribution in [2.45, 2.75) is 12.0 Å². The van der Waals surface area contributed by atoms with Crippen molar-refractivity contribution in [2.75, 3.05) is 7.05 Å². The molecule has 0 bridgehead atoms. The fraction of sp³-hybridized carbons (Fsp3) is 0.158. The molecule has 0 aliphatic heterocycles. The highest BCUT2D eigenvalue weighted by Gasteiger charge is 2.25. The third-order valence-corrected chi connectivity index (χ3v) is 3.86. The molecular weight excluding hydrogens is 258 g/mol. The van der Waals surface area contributed by atoms with E-state index < -0.39 is 0 Å². The van der Waals surface area contributed by atoms with E-state index in [9.17, 15) is 0 Å². The van der Waals surface area contributed by atoms with Gasteiger partial charge < -0.3 is 9.73 Å². The van der Waals surface area contributed by atoms with Gasteiger partial charge in [0.2, 0.25) is 0 Å². The van der Waals surface area contributed by atoms with Crippen LogP contribution in [-0.4, -0.2) is 7.05 Å². The van der Waals surface area contributed by atoms with E-state index in [1.165, 1.54) is 11.1 Å². The molecule has 2 heteroatoms. The van der Waals surface area contributed by atoms with E-state index in [1.807, 2.05) is 19.4 Å². The van der Waals surface area contributed by atoms with Crippen LogP contribution >= 0.6 is 0 Å². The molecule has 106 valence electrons. The highest BCUT2D eigenvalue weighted by Crippen LogP contribution is 2.36. The molecular formula is C19H19NO. The largest absolute Gasteiger partial charge is 0.472 e. The molecule has 0 spiro atoms. The Morgan fingerprint density at radius 3 is 1.76 bits per heavy atom. The summed E-state index contributed by atoms with van der Waals surface area (Å²) in [4.78, 5) is 0. The first-order valence-corrected chi connectivity index (χ1v) is 7.19. The van der Waals surface area contributed by atoms with Gasteiger partial charge in [-0.1, -0.05) is 60.7 Å². The molecule has 1 atom stereocenters. The Kier molecular flexibility index (Phi) is 4.17. The van der Waals surface area contributed by atoms with E-state index >= 15 is 0 Å². The van der Waals surface area contributed by atoms with Crippen LogP contribution in [0.4, 0.5) is 0 Å². The summed E-state index contributed by atoms with van der Waals surface area (Å²) in [5.41, 5.74) is 3.75. The quantitative estimate of drug-likeness (QED) is 0.749. The minimum atomic E-state index is 0.175. The maximum atomic E-state index is 5.28. The van der Waals surface area contributed by atoms with Crippen molar-refractivity contribution in [2.24, 2.45) is 0 Å². The summed E-state index contributed by atoms with van der Waals surface area (Å²) in [7, 11) is 2.00. The number of nitrogens with one attached hydrogen (secondary N) is 1. The second-order valence-electron chi connectivity index (χ2n) is 5.12. The molecule has 0 radical (unpaired) electrons. The van der Waals surface area contributed by atoms with Gasteiger partial charge >= 0.3 is 0 Å². The molecule has 1 heterocycles. The standard InChI is InChI=1S/C19H19NO/c1-20-19(17-12-13-21-14-17)18(15-8-4-2-5-9-15)16-10-6-3-7-11-16/h2-14,18-20H,1H3. The van der Waals surface area contributed by atoms with Crippen LogP contribution in [0.5, 0.6) is 0 Å². The number of benzene rings is 2.